The summed E-state index contributed by atoms with van der Waals surface area (Å²) in [7, 11) is 0. The zero-order valence-corrected chi connectivity index (χ0v) is 26.1. The van der Waals surface area contributed by atoms with Crippen molar-refractivity contribution in [3.05, 3.63) is 60.2 Å². The Labute approximate surface area is 249 Å². The highest BCUT2D eigenvalue weighted by Crippen LogP contribution is 2.65. The number of fused-ring (bicyclic) bond motifs is 2. The summed E-state index contributed by atoms with van der Waals surface area (Å²) >= 11 is 1.61. The van der Waals surface area contributed by atoms with Gasteiger partial charge in [0.15, 0.2) is 0 Å². The average molecular weight is 580 g/mol. The van der Waals surface area contributed by atoms with Crippen LogP contribution in [0, 0.1) is 17.3 Å². The predicted octanol–water partition coefficient (Wildman–Crippen LogP) is 4.27. The SMILES string of the molecule is CC(C)(C)CC(C)(C)N1CC=C[C@]23S[C@]4(C)C=CCN(Cc5ccccc5)C(=O)[C@@H]4[C@H]2C(=O)N(CCCO)C3C1=O. The van der Waals surface area contributed by atoms with Gasteiger partial charge in [-0.25, -0.2) is 0 Å². The van der Waals surface area contributed by atoms with Crippen LogP contribution in [0.1, 0.15) is 59.9 Å². The minimum Gasteiger partial charge on any atom is -0.396 e. The molecule has 0 saturated carbocycles. The van der Waals surface area contributed by atoms with Gasteiger partial charge in [-0.15, -0.1) is 11.8 Å². The van der Waals surface area contributed by atoms with Gasteiger partial charge in [-0.05, 0) is 44.6 Å². The molecule has 2 saturated heterocycles. The highest BCUT2D eigenvalue weighted by molar-refractivity contribution is 8.02. The molecule has 5 atom stereocenters. The first-order valence-corrected chi connectivity index (χ1v) is 15.7. The molecule has 3 amide bonds. The van der Waals surface area contributed by atoms with Gasteiger partial charge >= 0.3 is 0 Å². The van der Waals surface area contributed by atoms with Crippen LogP contribution in [0.4, 0.5) is 0 Å². The maximum absolute atomic E-state index is 14.7. The summed E-state index contributed by atoms with van der Waals surface area (Å²) < 4.78 is -1.50. The summed E-state index contributed by atoms with van der Waals surface area (Å²) in [5.74, 6) is -1.53. The molecule has 0 bridgehead atoms. The number of aliphatic hydroxyl groups excluding tert-OH is 1. The molecular formula is C33H45N3O4S. The van der Waals surface area contributed by atoms with Crippen molar-refractivity contribution in [3.63, 3.8) is 0 Å². The standard InChI is InChI=1S/C33H45N3O4S/c1-30(2,3)22-31(4,5)36-19-11-16-33-25(28(39)35(18-12-20-37)26(33)29(36)40)24-27(38)34(17-10-15-32(24,6)41-33)21-23-13-8-7-9-14-23/h7-11,13-16,24-26,37H,12,17-22H2,1-6H3/t24-,25-,26?,32+,33-/m0/s1. The molecule has 7 nitrogen and oxygen atoms in total. The Kier molecular flexibility index (Phi) is 7.73. The molecule has 8 heteroatoms. The van der Waals surface area contributed by atoms with E-state index in [1.54, 1.807) is 16.7 Å². The van der Waals surface area contributed by atoms with E-state index in [4.69, 9.17) is 0 Å². The highest BCUT2D eigenvalue weighted by Gasteiger charge is 2.74. The van der Waals surface area contributed by atoms with Crippen LogP contribution >= 0.6 is 11.8 Å². The molecule has 4 aliphatic heterocycles. The van der Waals surface area contributed by atoms with E-state index in [9.17, 15) is 19.5 Å². The van der Waals surface area contributed by atoms with Crippen LogP contribution in [-0.2, 0) is 20.9 Å². The number of carbonyl (C=O) groups is 3. The maximum Gasteiger partial charge on any atom is 0.247 e. The summed E-state index contributed by atoms with van der Waals surface area (Å²) in [4.78, 5) is 49.0. The second-order valence-electron chi connectivity index (χ2n) is 14.1. The third kappa shape index (κ3) is 5.16. The number of benzene rings is 1. The average Bonchev–Trinajstić information content (AvgIpc) is 3.14. The molecule has 41 heavy (non-hydrogen) atoms. The number of carbonyl (C=O) groups excluding carboxylic acids is 3. The van der Waals surface area contributed by atoms with Crippen LogP contribution in [0.25, 0.3) is 0 Å². The molecule has 0 aromatic heterocycles. The lowest BCUT2D eigenvalue weighted by Crippen LogP contribution is -2.58. The maximum atomic E-state index is 14.7. The molecule has 1 aromatic rings. The smallest absolute Gasteiger partial charge is 0.247 e. The van der Waals surface area contributed by atoms with Crippen molar-refractivity contribution < 1.29 is 19.5 Å². The molecule has 4 heterocycles. The van der Waals surface area contributed by atoms with Gasteiger partial charge in [-0.1, -0.05) is 75.4 Å². The minimum absolute atomic E-state index is 0.00426. The number of likely N-dealkylation sites (tertiary alicyclic amines) is 1. The molecule has 2 fully saturated rings. The Balaban J connectivity index is 1.57. The number of nitrogens with zero attached hydrogens (tertiary/aromatic N) is 3. The topological polar surface area (TPSA) is 81.2 Å². The Morgan fingerprint density at radius 3 is 2.27 bits per heavy atom. The monoisotopic (exact) mass is 579 g/mol. The van der Waals surface area contributed by atoms with Crippen LogP contribution in [0.2, 0.25) is 0 Å². The highest BCUT2D eigenvalue weighted by atomic mass is 32.2. The minimum atomic E-state index is -0.870. The van der Waals surface area contributed by atoms with Crippen LogP contribution < -0.4 is 0 Å². The van der Waals surface area contributed by atoms with Gasteiger partial charge in [0.2, 0.25) is 17.7 Å². The predicted molar refractivity (Wildman–Crippen MR) is 163 cm³/mol. The third-order valence-electron chi connectivity index (χ3n) is 9.11. The lowest BCUT2D eigenvalue weighted by Gasteiger charge is -2.44. The fourth-order valence-electron chi connectivity index (χ4n) is 7.94. The van der Waals surface area contributed by atoms with E-state index < -0.39 is 32.9 Å². The van der Waals surface area contributed by atoms with Gasteiger partial charge in [0.05, 0.1) is 16.6 Å². The largest absolute Gasteiger partial charge is 0.396 e. The van der Waals surface area contributed by atoms with Crippen molar-refractivity contribution in [1.82, 2.24) is 14.7 Å². The van der Waals surface area contributed by atoms with E-state index in [0.29, 0.717) is 26.1 Å². The summed E-state index contributed by atoms with van der Waals surface area (Å²) in [6.45, 7) is 14.4. The molecule has 1 unspecified atom stereocenters. The number of hydrogen-bond acceptors (Lipinski definition) is 5. The molecular weight excluding hydrogens is 534 g/mol. The first-order valence-electron chi connectivity index (χ1n) is 14.9. The van der Waals surface area contributed by atoms with Crippen molar-refractivity contribution in [2.75, 3.05) is 26.2 Å². The Morgan fingerprint density at radius 1 is 0.927 bits per heavy atom. The zero-order chi connectivity index (χ0) is 29.8. The normalized spacial score (nSPS) is 31.7. The second-order valence-corrected chi connectivity index (χ2v) is 15.9. The fourth-order valence-corrected chi connectivity index (χ4v) is 10.1. The van der Waals surface area contributed by atoms with Crippen molar-refractivity contribution in [3.8, 4) is 0 Å². The molecule has 0 radical (unpaired) electrons. The Hall–Kier alpha value is -2.58. The van der Waals surface area contributed by atoms with Crippen molar-refractivity contribution >= 4 is 29.5 Å². The van der Waals surface area contributed by atoms with E-state index in [1.165, 1.54) is 0 Å². The third-order valence-corrected chi connectivity index (χ3v) is 10.9. The van der Waals surface area contributed by atoms with Crippen LogP contribution in [-0.4, -0.2) is 84.8 Å². The number of amides is 3. The van der Waals surface area contributed by atoms with E-state index in [-0.39, 0.29) is 36.3 Å². The number of aliphatic hydroxyl groups is 1. The first kappa shape index (κ1) is 29.9. The molecule has 1 spiro atoms. The first-order chi connectivity index (χ1) is 19.2. The van der Waals surface area contributed by atoms with Gasteiger partial charge in [0.25, 0.3) is 0 Å². The molecule has 1 N–H and O–H groups in total. The zero-order valence-electron chi connectivity index (χ0n) is 25.3. The fraction of sp³-hybridized carbons (Fsp3) is 0.606. The molecule has 5 rings (SSSR count). The molecule has 222 valence electrons. The van der Waals surface area contributed by atoms with Crippen molar-refractivity contribution in [2.24, 2.45) is 17.3 Å². The van der Waals surface area contributed by atoms with Crippen molar-refractivity contribution in [1.29, 1.82) is 0 Å². The number of rotatable bonds is 7. The van der Waals surface area contributed by atoms with Gasteiger partial charge in [-0.3, -0.25) is 14.4 Å². The molecule has 1 aromatic carbocycles. The van der Waals surface area contributed by atoms with Crippen molar-refractivity contribution in [2.45, 2.75) is 82.0 Å². The molecule has 4 aliphatic rings. The summed E-state index contributed by atoms with van der Waals surface area (Å²) in [5, 5.41) is 9.70. The van der Waals surface area contributed by atoms with E-state index in [1.807, 2.05) is 40.1 Å². The van der Waals surface area contributed by atoms with Crippen LogP contribution in [0.3, 0.4) is 0 Å². The van der Waals surface area contributed by atoms with Gasteiger partial charge in [0.1, 0.15) is 6.04 Å². The Morgan fingerprint density at radius 2 is 1.61 bits per heavy atom. The number of thioether (sulfide) groups is 1. The van der Waals surface area contributed by atoms with Gasteiger partial charge in [-0.2, -0.15) is 0 Å². The molecule has 0 aliphatic carbocycles. The number of hydrogen-bond donors (Lipinski definition) is 1. The van der Waals surface area contributed by atoms with E-state index >= 15 is 0 Å². The summed E-state index contributed by atoms with van der Waals surface area (Å²) in [6, 6.07) is 9.19. The van der Waals surface area contributed by atoms with Gasteiger partial charge < -0.3 is 19.8 Å². The second kappa shape index (κ2) is 10.6. The van der Waals surface area contributed by atoms with Crippen LogP contribution in [0.15, 0.2) is 54.6 Å². The van der Waals surface area contributed by atoms with E-state index in [2.05, 4.69) is 65.8 Å². The summed E-state index contributed by atoms with van der Waals surface area (Å²) in [5.41, 5.74) is 0.610. The summed E-state index contributed by atoms with van der Waals surface area (Å²) in [6.07, 6.45) is 9.47. The van der Waals surface area contributed by atoms with Crippen LogP contribution in [0.5, 0.6) is 0 Å². The lowest BCUT2D eigenvalue weighted by atomic mass is 9.74. The lowest BCUT2D eigenvalue weighted by molar-refractivity contribution is -0.147. The van der Waals surface area contributed by atoms with E-state index in [0.717, 1.165) is 12.0 Å². The van der Waals surface area contributed by atoms with Gasteiger partial charge in [0, 0.05) is 43.1 Å². The Bertz CT molecular complexity index is 1250. The quantitative estimate of drug-likeness (QED) is 0.488.